The van der Waals surface area contributed by atoms with Crippen LogP contribution in [0.2, 0.25) is 0 Å². The molecule has 0 saturated heterocycles. The van der Waals surface area contributed by atoms with E-state index in [0.717, 1.165) is 18.9 Å². The maximum atomic E-state index is 8.62. The summed E-state index contributed by atoms with van der Waals surface area (Å²) in [4.78, 5) is 0. The molecule has 0 aromatic rings. The third-order valence-electron chi connectivity index (χ3n) is 4.55. The van der Waals surface area contributed by atoms with Gasteiger partial charge in [0.15, 0.2) is 0 Å². The summed E-state index contributed by atoms with van der Waals surface area (Å²) in [6, 6.07) is 0.613. The van der Waals surface area contributed by atoms with Crippen molar-refractivity contribution in [1.29, 1.82) is 0 Å². The van der Waals surface area contributed by atoms with Crippen LogP contribution in [0.1, 0.15) is 51.9 Å². The maximum Gasteiger partial charge on any atom is 0.139 e. The molecule has 98 valence electrons. The molecule has 2 aliphatic rings. The van der Waals surface area contributed by atoms with Crippen LogP contribution in [0.25, 0.3) is 0 Å². The first kappa shape index (κ1) is 12.7. The number of amidine groups is 1. The lowest BCUT2D eigenvalue weighted by atomic mass is 9.97. The third kappa shape index (κ3) is 3.35. The molecule has 0 amide bonds. The Labute approximate surface area is 104 Å². The van der Waals surface area contributed by atoms with Crippen molar-refractivity contribution in [3.8, 4) is 0 Å². The molecule has 0 bridgehead atoms. The van der Waals surface area contributed by atoms with Gasteiger partial charge in [0.2, 0.25) is 0 Å². The molecule has 0 heterocycles. The van der Waals surface area contributed by atoms with Crippen LogP contribution in [0.5, 0.6) is 0 Å². The zero-order valence-corrected chi connectivity index (χ0v) is 10.8. The van der Waals surface area contributed by atoms with Crippen molar-refractivity contribution in [2.75, 3.05) is 6.54 Å². The van der Waals surface area contributed by atoms with Crippen molar-refractivity contribution in [3.05, 3.63) is 0 Å². The molecule has 0 aliphatic heterocycles. The molecule has 4 heteroatoms. The number of hydrogen-bond acceptors (Lipinski definition) is 3. The summed E-state index contributed by atoms with van der Waals surface area (Å²) >= 11 is 0. The Balaban J connectivity index is 1.73. The first-order valence-corrected chi connectivity index (χ1v) is 6.85. The van der Waals surface area contributed by atoms with Gasteiger partial charge in [-0.25, -0.2) is 0 Å². The normalized spacial score (nSPS) is 26.1. The molecule has 17 heavy (non-hydrogen) atoms. The van der Waals surface area contributed by atoms with Gasteiger partial charge < -0.3 is 16.3 Å². The van der Waals surface area contributed by atoms with Crippen LogP contribution >= 0.6 is 0 Å². The molecule has 2 fully saturated rings. The molecule has 0 radical (unpaired) electrons. The minimum Gasteiger partial charge on any atom is -0.409 e. The zero-order chi connectivity index (χ0) is 12.3. The second-order valence-corrected chi connectivity index (χ2v) is 5.98. The van der Waals surface area contributed by atoms with Gasteiger partial charge in [0.25, 0.3) is 0 Å². The molecular formula is C13H25N3O. The van der Waals surface area contributed by atoms with E-state index >= 15 is 0 Å². The van der Waals surface area contributed by atoms with Crippen LogP contribution in [-0.2, 0) is 0 Å². The summed E-state index contributed by atoms with van der Waals surface area (Å²) in [6.45, 7) is 3.32. The minimum absolute atomic E-state index is 0.281. The van der Waals surface area contributed by atoms with Crippen molar-refractivity contribution >= 4 is 5.84 Å². The molecule has 4 N–H and O–H groups in total. The fourth-order valence-electron chi connectivity index (χ4n) is 3.01. The first-order chi connectivity index (χ1) is 8.15. The SMILES string of the molecule is C[C@@H](NCC1(CC(N)=NO)CC1)C1CCCC1. The van der Waals surface area contributed by atoms with Crippen LogP contribution in [0.3, 0.4) is 0 Å². The molecule has 0 unspecified atom stereocenters. The van der Waals surface area contributed by atoms with Crippen molar-refractivity contribution in [2.24, 2.45) is 22.2 Å². The lowest BCUT2D eigenvalue weighted by molar-refractivity contribution is 0.311. The quantitative estimate of drug-likeness (QED) is 0.287. The highest BCUT2D eigenvalue weighted by molar-refractivity contribution is 5.80. The van der Waals surface area contributed by atoms with Gasteiger partial charge in [-0.05, 0) is 43.9 Å². The van der Waals surface area contributed by atoms with Crippen LogP contribution in [0.4, 0.5) is 0 Å². The Hall–Kier alpha value is -0.770. The second kappa shape index (κ2) is 5.25. The first-order valence-electron chi connectivity index (χ1n) is 6.85. The highest BCUT2D eigenvalue weighted by Crippen LogP contribution is 2.48. The van der Waals surface area contributed by atoms with Gasteiger partial charge >= 0.3 is 0 Å². The smallest absolute Gasteiger partial charge is 0.139 e. The summed E-state index contributed by atoms with van der Waals surface area (Å²) in [5.74, 6) is 1.23. The predicted octanol–water partition coefficient (Wildman–Crippen LogP) is 2.07. The molecule has 2 saturated carbocycles. The van der Waals surface area contributed by atoms with E-state index in [0.29, 0.717) is 11.9 Å². The van der Waals surface area contributed by atoms with Crippen LogP contribution in [0.15, 0.2) is 5.16 Å². The summed E-state index contributed by atoms with van der Waals surface area (Å²) < 4.78 is 0. The predicted molar refractivity (Wildman–Crippen MR) is 69.1 cm³/mol. The molecule has 0 aromatic heterocycles. The van der Waals surface area contributed by atoms with E-state index in [2.05, 4.69) is 17.4 Å². The lowest BCUT2D eigenvalue weighted by Crippen LogP contribution is -2.37. The largest absolute Gasteiger partial charge is 0.409 e. The molecular weight excluding hydrogens is 214 g/mol. The van der Waals surface area contributed by atoms with Gasteiger partial charge in [0.05, 0.1) is 0 Å². The van der Waals surface area contributed by atoms with E-state index < -0.39 is 0 Å². The number of nitrogens with zero attached hydrogens (tertiary/aromatic N) is 1. The van der Waals surface area contributed by atoms with Crippen molar-refractivity contribution in [2.45, 2.75) is 57.9 Å². The van der Waals surface area contributed by atoms with Gasteiger partial charge in [-0.15, -0.1) is 0 Å². The number of nitrogens with one attached hydrogen (secondary N) is 1. The lowest BCUT2D eigenvalue weighted by Gasteiger charge is -2.24. The number of hydrogen-bond donors (Lipinski definition) is 3. The van der Waals surface area contributed by atoms with E-state index in [4.69, 9.17) is 10.9 Å². The van der Waals surface area contributed by atoms with Crippen molar-refractivity contribution in [1.82, 2.24) is 5.32 Å². The summed E-state index contributed by atoms with van der Waals surface area (Å²) in [7, 11) is 0. The summed E-state index contributed by atoms with van der Waals surface area (Å²) in [5, 5.41) is 15.4. The molecule has 2 aliphatic carbocycles. The third-order valence-corrected chi connectivity index (χ3v) is 4.55. The second-order valence-electron chi connectivity index (χ2n) is 5.98. The monoisotopic (exact) mass is 239 g/mol. The van der Waals surface area contributed by atoms with Gasteiger partial charge in [0, 0.05) is 19.0 Å². The average Bonchev–Trinajstić information content (AvgIpc) is 2.88. The Morgan fingerprint density at radius 3 is 2.65 bits per heavy atom. The van der Waals surface area contributed by atoms with E-state index in [9.17, 15) is 0 Å². The van der Waals surface area contributed by atoms with Crippen LogP contribution in [-0.4, -0.2) is 23.6 Å². The summed E-state index contributed by atoms with van der Waals surface area (Å²) in [6.07, 6.45) is 8.68. The minimum atomic E-state index is 0.281. The fourth-order valence-corrected chi connectivity index (χ4v) is 3.01. The zero-order valence-electron chi connectivity index (χ0n) is 10.8. The Morgan fingerprint density at radius 1 is 1.47 bits per heavy atom. The van der Waals surface area contributed by atoms with Crippen LogP contribution < -0.4 is 11.1 Å². The van der Waals surface area contributed by atoms with Gasteiger partial charge in [0.1, 0.15) is 5.84 Å². The van der Waals surface area contributed by atoms with Crippen LogP contribution in [0, 0.1) is 11.3 Å². The van der Waals surface area contributed by atoms with Gasteiger partial charge in [-0.3, -0.25) is 0 Å². The maximum absolute atomic E-state index is 8.62. The Bertz CT molecular complexity index is 280. The number of nitrogens with two attached hydrogens (primary N) is 1. The topological polar surface area (TPSA) is 70.6 Å². The Kier molecular flexibility index (Phi) is 3.92. The van der Waals surface area contributed by atoms with E-state index in [1.165, 1.54) is 38.5 Å². The molecule has 4 nitrogen and oxygen atoms in total. The molecule has 0 aromatic carbocycles. The van der Waals surface area contributed by atoms with Crippen molar-refractivity contribution in [3.63, 3.8) is 0 Å². The number of rotatable bonds is 6. The van der Waals surface area contributed by atoms with E-state index in [-0.39, 0.29) is 5.41 Å². The van der Waals surface area contributed by atoms with Gasteiger partial charge in [-0.2, -0.15) is 0 Å². The standard InChI is InChI=1S/C13H25N3O/c1-10(11-4-2-3-5-11)15-9-13(6-7-13)8-12(14)16-17/h10-11,15,17H,2-9H2,1H3,(H2,14,16)/t10-/m1/s1. The Morgan fingerprint density at radius 2 is 2.12 bits per heavy atom. The highest BCUT2D eigenvalue weighted by Gasteiger charge is 2.43. The molecule has 0 spiro atoms. The molecule has 1 atom stereocenters. The van der Waals surface area contributed by atoms with E-state index in [1.807, 2.05) is 0 Å². The summed E-state index contributed by atoms with van der Waals surface area (Å²) in [5.41, 5.74) is 5.88. The highest BCUT2D eigenvalue weighted by atomic mass is 16.4. The fraction of sp³-hybridized carbons (Fsp3) is 0.923. The number of oxime groups is 1. The molecule has 2 rings (SSSR count). The average molecular weight is 239 g/mol. The van der Waals surface area contributed by atoms with E-state index in [1.54, 1.807) is 0 Å². The van der Waals surface area contributed by atoms with Crippen molar-refractivity contribution < 1.29 is 5.21 Å². The van der Waals surface area contributed by atoms with Gasteiger partial charge in [-0.1, -0.05) is 18.0 Å².